The summed E-state index contributed by atoms with van der Waals surface area (Å²) in [6.45, 7) is 5.22. The minimum atomic E-state index is -0.562. The van der Waals surface area contributed by atoms with Crippen LogP contribution in [0, 0.1) is 5.92 Å². The molecule has 7 nitrogen and oxygen atoms in total. The number of hydrogen-bond donors (Lipinski definition) is 1. The van der Waals surface area contributed by atoms with Gasteiger partial charge in [0.15, 0.2) is 6.23 Å². The Bertz CT molecular complexity index is 350. The first-order chi connectivity index (χ1) is 9.58. The number of urea groups is 1. The molecule has 2 N–H and O–H groups in total. The fourth-order valence-electron chi connectivity index (χ4n) is 2.66. The van der Waals surface area contributed by atoms with Gasteiger partial charge in [-0.1, -0.05) is 0 Å². The summed E-state index contributed by atoms with van der Waals surface area (Å²) in [5, 5.41) is 0. The predicted octanol–water partition coefficient (Wildman–Crippen LogP) is -0.00150. The minimum Gasteiger partial charge on any atom is -0.447 e. The number of hydrogen-bond acceptors (Lipinski definition) is 5. The molecular formula is C13H23N3O4. The molecule has 114 valence electrons. The molecule has 0 aromatic rings. The molecule has 2 fully saturated rings. The Kier molecular flexibility index (Phi) is 5.19. The van der Waals surface area contributed by atoms with Crippen LogP contribution < -0.4 is 5.73 Å². The molecule has 1 unspecified atom stereocenters. The number of amides is 2. The van der Waals surface area contributed by atoms with E-state index in [1.165, 1.54) is 6.92 Å². The van der Waals surface area contributed by atoms with Crippen molar-refractivity contribution in [1.82, 2.24) is 9.80 Å². The van der Waals surface area contributed by atoms with E-state index >= 15 is 0 Å². The first-order valence-electron chi connectivity index (χ1n) is 7.12. The highest BCUT2D eigenvalue weighted by Gasteiger charge is 2.30. The molecule has 2 aliphatic rings. The zero-order valence-electron chi connectivity index (χ0n) is 11.9. The molecule has 0 aromatic heterocycles. The first-order valence-corrected chi connectivity index (χ1v) is 7.12. The van der Waals surface area contributed by atoms with Crippen molar-refractivity contribution in [2.75, 3.05) is 39.4 Å². The highest BCUT2D eigenvalue weighted by atomic mass is 16.6. The summed E-state index contributed by atoms with van der Waals surface area (Å²) in [7, 11) is 0. The summed E-state index contributed by atoms with van der Waals surface area (Å²) < 4.78 is 10.3. The Morgan fingerprint density at radius 2 is 1.70 bits per heavy atom. The third kappa shape index (κ3) is 3.83. The van der Waals surface area contributed by atoms with Crippen LogP contribution in [0.5, 0.6) is 0 Å². The van der Waals surface area contributed by atoms with Crippen LogP contribution in [-0.4, -0.2) is 67.4 Å². The largest absolute Gasteiger partial charge is 0.447 e. The van der Waals surface area contributed by atoms with E-state index < -0.39 is 6.23 Å². The minimum absolute atomic E-state index is 0.0767. The summed E-state index contributed by atoms with van der Waals surface area (Å²) in [4.78, 5) is 26.9. The molecule has 2 rings (SSSR count). The molecule has 20 heavy (non-hydrogen) atoms. The van der Waals surface area contributed by atoms with Gasteiger partial charge in [0.25, 0.3) is 0 Å². The summed E-state index contributed by atoms with van der Waals surface area (Å²) in [6, 6.07) is 0.0767. The lowest BCUT2D eigenvalue weighted by Crippen LogP contribution is -2.51. The molecule has 0 radical (unpaired) electrons. The molecule has 2 amide bonds. The third-order valence-electron chi connectivity index (χ3n) is 3.86. The molecule has 7 heteroatoms. The first kappa shape index (κ1) is 15.1. The van der Waals surface area contributed by atoms with Gasteiger partial charge in [-0.15, -0.1) is 0 Å². The van der Waals surface area contributed by atoms with Crippen molar-refractivity contribution in [3.05, 3.63) is 0 Å². The highest BCUT2D eigenvalue weighted by molar-refractivity contribution is 5.74. The summed E-state index contributed by atoms with van der Waals surface area (Å²) in [5.41, 5.74) is 5.84. The fraction of sp³-hybridized carbons (Fsp3) is 0.846. The van der Waals surface area contributed by atoms with Gasteiger partial charge in [0, 0.05) is 39.0 Å². The van der Waals surface area contributed by atoms with Gasteiger partial charge in [0.1, 0.15) is 0 Å². The van der Waals surface area contributed by atoms with Gasteiger partial charge in [0.2, 0.25) is 0 Å². The van der Waals surface area contributed by atoms with Gasteiger partial charge < -0.3 is 19.3 Å². The lowest BCUT2D eigenvalue weighted by atomic mass is 9.95. The van der Waals surface area contributed by atoms with Gasteiger partial charge in [0.05, 0.1) is 13.2 Å². The normalized spacial score (nSPS) is 22.5. The van der Waals surface area contributed by atoms with E-state index in [1.807, 2.05) is 9.80 Å². The van der Waals surface area contributed by atoms with E-state index in [0.29, 0.717) is 39.4 Å². The average molecular weight is 285 g/mol. The Morgan fingerprint density at radius 1 is 1.15 bits per heavy atom. The standard InChI is InChI=1S/C13H23N3O4/c1-10(17)20-12(14)11-2-4-15(5-3-11)13(18)16-6-8-19-9-7-16/h11-12H,2-9,14H2,1H3. The molecule has 0 saturated carbocycles. The number of esters is 1. The maximum Gasteiger partial charge on any atom is 0.320 e. The number of carbonyl (C=O) groups is 2. The van der Waals surface area contributed by atoms with Crippen molar-refractivity contribution in [1.29, 1.82) is 0 Å². The Morgan fingerprint density at radius 3 is 2.25 bits per heavy atom. The second-order valence-corrected chi connectivity index (χ2v) is 5.28. The Labute approximate surface area is 119 Å². The summed E-state index contributed by atoms with van der Waals surface area (Å²) >= 11 is 0. The number of likely N-dealkylation sites (tertiary alicyclic amines) is 1. The predicted molar refractivity (Wildman–Crippen MR) is 71.8 cm³/mol. The number of nitrogens with zero attached hydrogens (tertiary/aromatic N) is 2. The molecule has 2 aliphatic heterocycles. The Hall–Kier alpha value is -1.34. The van der Waals surface area contributed by atoms with Crippen molar-refractivity contribution in [2.24, 2.45) is 11.7 Å². The zero-order valence-corrected chi connectivity index (χ0v) is 11.9. The third-order valence-corrected chi connectivity index (χ3v) is 3.86. The van der Waals surface area contributed by atoms with Crippen molar-refractivity contribution >= 4 is 12.0 Å². The van der Waals surface area contributed by atoms with Crippen LogP contribution in [0.4, 0.5) is 4.79 Å². The van der Waals surface area contributed by atoms with Crippen LogP contribution in [0.2, 0.25) is 0 Å². The van der Waals surface area contributed by atoms with Crippen LogP contribution in [0.1, 0.15) is 19.8 Å². The van der Waals surface area contributed by atoms with Crippen LogP contribution in [-0.2, 0) is 14.3 Å². The molecule has 2 heterocycles. The maximum atomic E-state index is 12.3. The van der Waals surface area contributed by atoms with E-state index in [9.17, 15) is 9.59 Å². The SMILES string of the molecule is CC(=O)OC(N)C1CCN(C(=O)N2CCOCC2)CC1. The molecule has 0 aromatic carbocycles. The van der Waals surface area contributed by atoms with Crippen LogP contribution in [0.25, 0.3) is 0 Å². The topological polar surface area (TPSA) is 85.1 Å². The lowest BCUT2D eigenvalue weighted by Gasteiger charge is -2.38. The van der Waals surface area contributed by atoms with Gasteiger partial charge in [-0.3, -0.25) is 10.5 Å². The smallest absolute Gasteiger partial charge is 0.320 e. The monoisotopic (exact) mass is 285 g/mol. The van der Waals surface area contributed by atoms with Crippen LogP contribution in [0.3, 0.4) is 0 Å². The molecule has 0 spiro atoms. The molecule has 0 aliphatic carbocycles. The van der Waals surface area contributed by atoms with Gasteiger partial charge >= 0.3 is 12.0 Å². The number of ether oxygens (including phenoxy) is 2. The quantitative estimate of drug-likeness (QED) is 0.570. The van der Waals surface area contributed by atoms with Gasteiger partial charge in [-0.2, -0.15) is 0 Å². The average Bonchev–Trinajstić information content (AvgIpc) is 2.47. The lowest BCUT2D eigenvalue weighted by molar-refractivity contribution is -0.149. The second kappa shape index (κ2) is 6.90. The van der Waals surface area contributed by atoms with Gasteiger partial charge in [-0.05, 0) is 12.8 Å². The number of piperidine rings is 1. The fourth-order valence-corrected chi connectivity index (χ4v) is 2.66. The Balaban J connectivity index is 1.78. The molecule has 1 atom stereocenters. The van der Waals surface area contributed by atoms with Crippen LogP contribution >= 0.6 is 0 Å². The van der Waals surface area contributed by atoms with E-state index in [0.717, 1.165) is 12.8 Å². The number of rotatable bonds is 2. The van der Waals surface area contributed by atoms with Crippen molar-refractivity contribution in [3.8, 4) is 0 Å². The number of nitrogens with two attached hydrogens (primary N) is 1. The summed E-state index contributed by atoms with van der Waals surface area (Å²) in [6.07, 6.45) is 0.975. The summed E-state index contributed by atoms with van der Waals surface area (Å²) in [5.74, 6) is -0.225. The van der Waals surface area contributed by atoms with E-state index in [4.69, 9.17) is 15.2 Å². The van der Waals surface area contributed by atoms with Crippen molar-refractivity contribution < 1.29 is 19.1 Å². The molecule has 0 bridgehead atoms. The van der Waals surface area contributed by atoms with E-state index in [2.05, 4.69) is 0 Å². The maximum absolute atomic E-state index is 12.3. The van der Waals surface area contributed by atoms with Crippen molar-refractivity contribution in [3.63, 3.8) is 0 Å². The number of morpholine rings is 1. The second-order valence-electron chi connectivity index (χ2n) is 5.28. The van der Waals surface area contributed by atoms with Crippen molar-refractivity contribution in [2.45, 2.75) is 26.0 Å². The zero-order chi connectivity index (χ0) is 14.5. The highest BCUT2D eigenvalue weighted by Crippen LogP contribution is 2.21. The molecule has 2 saturated heterocycles. The van der Waals surface area contributed by atoms with E-state index in [1.54, 1.807) is 0 Å². The number of carbonyl (C=O) groups excluding carboxylic acids is 2. The van der Waals surface area contributed by atoms with E-state index in [-0.39, 0.29) is 17.9 Å². The van der Waals surface area contributed by atoms with Crippen LogP contribution in [0.15, 0.2) is 0 Å². The van der Waals surface area contributed by atoms with Gasteiger partial charge in [-0.25, -0.2) is 4.79 Å². The molecular weight excluding hydrogens is 262 g/mol.